The third-order valence-electron chi connectivity index (χ3n) is 6.65. The Hall–Kier alpha value is -4.16. The number of nitrogens with zero attached hydrogens (tertiary/aromatic N) is 2. The van der Waals surface area contributed by atoms with Crippen LogP contribution in [0.25, 0.3) is 10.9 Å². The van der Waals surface area contributed by atoms with E-state index in [9.17, 15) is 4.79 Å². The van der Waals surface area contributed by atoms with E-state index in [0.29, 0.717) is 18.1 Å². The van der Waals surface area contributed by atoms with E-state index in [-0.39, 0.29) is 11.9 Å². The number of aryl methyl sites for hydroxylation is 1. The lowest BCUT2D eigenvalue weighted by molar-refractivity contribution is 0.0934. The zero-order valence-corrected chi connectivity index (χ0v) is 21.3. The highest BCUT2D eigenvalue weighted by Gasteiger charge is 2.18. The Bertz CT molecular complexity index is 1470. The van der Waals surface area contributed by atoms with Crippen LogP contribution in [-0.2, 0) is 19.5 Å². The highest BCUT2D eigenvalue weighted by atomic mass is 16.3. The van der Waals surface area contributed by atoms with Gasteiger partial charge in [-0.3, -0.25) is 9.69 Å². The van der Waals surface area contributed by atoms with Gasteiger partial charge in [-0.15, -0.1) is 0 Å². The molecule has 6 nitrogen and oxygen atoms in total. The standard InChI is InChI=1S/C31H32N4O2/c1-22-9-8-10-24(17-22)19-35(16-15-26-18-32-28-14-7-6-13-27(26)28)20-30-34-29(21-37-30)31(36)33-23(2)25-11-4-3-5-12-25/h3-14,17-18,21,23,32H,15-16,19-20H2,1-2H3,(H,33,36)/t23-/m0/s1. The molecule has 0 bridgehead atoms. The lowest BCUT2D eigenvalue weighted by atomic mass is 10.1. The van der Waals surface area contributed by atoms with Crippen molar-refractivity contribution in [2.45, 2.75) is 39.4 Å². The summed E-state index contributed by atoms with van der Waals surface area (Å²) in [6.45, 7) is 6.17. The van der Waals surface area contributed by atoms with E-state index >= 15 is 0 Å². The van der Waals surface area contributed by atoms with E-state index in [1.165, 1.54) is 28.3 Å². The predicted octanol–water partition coefficient (Wildman–Crippen LogP) is 6.20. The molecule has 0 fully saturated rings. The molecule has 37 heavy (non-hydrogen) atoms. The molecule has 3 aromatic carbocycles. The molecule has 5 aromatic rings. The monoisotopic (exact) mass is 492 g/mol. The third-order valence-corrected chi connectivity index (χ3v) is 6.65. The van der Waals surface area contributed by atoms with Gasteiger partial charge in [-0.25, -0.2) is 4.98 Å². The number of para-hydroxylation sites is 1. The van der Waals surface area contributed by atoms with Crippen LogP contribution in [-0.4, -0.2) is 27.3 Å². The van der Waals surface area contributed by atoms with Gasteiger partial charge in [0.15, 0.2) is 5.69 Å². The maximum absolute atomic E-state index is 12.8. The molecular formula is C31H32N4O2. The first-order valence-corrected chi connectivity index (χ1v) is 12.7. The molecule has 0 aliphatic carbocycles. The summed E-state index contributed by atoms with van der Waals surface area (Å²) in [6.07, 6.45) is 4.43. The quantitative estimate of drug-likeness (QED) is 0.243. The minimum absolute atomic E-state index is 0.122. The summed E-state index contributed by atoms with van der Waals surface area (Å²) in [5.74, 6) is 0.291. The molecule has 188 valence electrons. The number of H-pyrrole nitrogens is 1. The highest BCUT2D eigenvalue weighted by Crippen LogP contribution is 2.20. The van der Waals surface area contributed by atoms with Crippen molar-refractivity contribution in [3.8, 4) is 0 Å². The van der Waals surface area contributed by atoms with Crippen molar-refractivity contribution in [1.82, 2.24) is 20.2 Å². The average Bonchev–Trinajstić information content (AvgIpc) is 3.55. The number of rotatable bonds is 10. The van der Waals surface area contributed by atoms with Crippen molar-refractivity contribution in [2.24, 2.45) is 0 Å². The number of aromatic nitrogens is 2. The highest BCUT2D eigenvalue weighted by molar-refractivity contribution is 5.92. The number of hydrogen-bond acceptors (Lipinski definition) is 4. The number of nitrogens with one attached hydrogen (secondary N) is 2. The van der Waals surface area contributed by atoms with Crippen LogP contribution >= 0.6 is 0 Å². The fraction of sp³-hybridized carbons (Fsp3) is 0.226. The minimum atomic E-state index is -0.240. The summed E-state index contributed by atoms with van der Waals surface area (Å²) >= 11 is 0. The number of carbonyl (C=O) groups excluding carboxylic acids is 1. The van der Waals surface area contributed by atoms with Crippen LogP contribution in [0.15, 0.2) is 95.7 Å². The Morgan fingerprint density at radius 2 is 1.84 bits per heavy atom. The largest absolute Gasteiger partial charge is 0.447 e. The van der Waals surface area contributed by atoms with Gasteiger partial charge in [0.25, 0.3) is 5.91 Å². The Kier molecular flexibility index (Phi) is 7.47. The molecule has 1 amide bonds. The van der Waals surface area contributed by atoms with Crippen LogP contribution < -0.4 is 5.32 Å². The lowest BCUT2D eigenvalue weighted by Crippen LogP contribution is -2.27. The van der Waals surface area contributed by atoms with E-state index in [4.69, 9.17) is 4.42 Å². The molecule has 0 spiro atoms. The van der Waals surface area contributed by atoms with Gasteiger partial charge in [-0.1, -0.05) is 78.4 Å². The number of benzene rings is 3. The smallest absolute Gasteiger partial charge is 0.273 e. The van der Waals surface area contributed by atoms with Crippen LogP contribution in [0.2, 0.25) is 0 Å². The fourth-order valence-electron chi connectivity index (χ4n) is 4.67. The molecule has 2 N–H and O–H groups in total. The molecule has 2 aromatic heterocycles. The molecule has 0 radical (unpaired) electrons. The maximum atomic E-state index is 12.8. The van der Waals surface area contributed by atoms with Gasteiger partial charge in [0, 0.05) is 30.2 Å². The zero-order chi connectivity index (χ0) is 25.6. The van der Waals surface area contributed by atoms with Crippen molar-refractivity contribution in [1.29, 1.82) is 0 Å². The molecule has 5 rings (SSSR count). The summed E-state index contributed by atoms with van der Waals surface area (Å²) in [4.78, 5) is 23.0. The Balaban J connectivity index is 1.28. The molecule has 2 heterocycles. The van der Waals surface area contributed by atoms with Gasteiger partial charge < -0.3 is 14.7 Å². The average molecular weight is 493 g/mol. The molecule has 0 unspecified atom stereocenters. The molecule has 0 saturated heterocycles. The first-order chi connectivity index (χ1) is 18.0. The Morgan fingerprint density at radius 3 is 2.68 bits per heavy atom. The molecule has 0 aliphatic rings. The summed E-state index contributed by atoms with van der Waals surface area (Å²) in [7, 11) is 0. The van der Waals surface area contributed by atoms with Gasteiger partial charge >= 0.3 is 0 Å². The third kappa shape index (κ3) is 6.16. The molecular weight excluding hydrogens is 460 g/mol. The molecule has 0 saturated carbocycles. The number of fused-ring (bicyclic) bond motifs is 1. The van der Waals surface area contributed by atoms with Crippen LogP contribution in [0.3, 0.4) is 0 Å². The number of oxazole rings is 1. The van der Waals surface area contributed by atoms with Crippen molar-refractivity contribution in [3.05, 3.63) is 125 Å². The lowest BCUT2D eigenvalue weighted by Gasteiger charge is -2.21. The number of aromatic amines is 1. The molecule has 1 atom stereocenters. The second-order valence-corrected chi connectivity index (χ2v) is 9.54. The van der Waals surface area contributed by atoms with Gasteiger partial charge in [-0.05, 0) is 43.0 Å². The van der Waals surface area contributed by atoms with Gasteiger partial charge in [-0.2, -0.15) is 0 Å². The van der Waals surface area contributed by atoms with E-state index in [1.807, 2.05) is 43.3 Å². The minimum Gasteiger partial charge on any atom is -0.447 e. The van der Waals surface area contributed by atoms with Crippen LogP contribution in [0.4, 0.5) is 0 Å². The first-order valence-electron chi connectivity index (χ1n) is 12.7. The van der Waals surface area contributed by atoms with E-state index in [2.05, 4.69) is 75.8 Å². The normalized spacial score (nSPS) is 12.2. The maximum Gasteiger partial charge on any atom is 0.273 e. The SMILES string of the molecule is Cc1cccc(CN(CCc2c[nH]c3ccccc23)Cc2nc(C(=O)N[C@@H](C)c3ccccc3)co2)c1. The second-order valence-electron chi connectivity index (χ2n) is 9.54. The summed E-state index contributed by atoms with van der Waals surface area (Å²) in [5, 5.41) is 4.26. The first kappa shape index (κ1) is 24.5. The summed E-state index contributed by atoms with van der Waals surface area (Å²) in [6, 6.07) is 26.7. The summed E-state index contributed by atoms with van der Waals surface area (Å²) in [5.41, 5.74) is 6.24. The number of carbonyl (C=O) groups is 1. The number of hydrogen-bond donors (Lipinski definition) is 2. The van der Waals surface area contributed by atoms with Crippen LogP contribution in [0, 0.1) is 6.92 Å². The second kappa shape index (κ2) is 11.3. The predicted molar refractivity (Wildman–Crippen MR) is 146 cm³/mol. The number of amides is 1. The van der Waals surface area contributed by atoms with Crippen molar-refractivity contribution < 1.29 is 9.21 Å². The van der Waals surface area contributed by atoms with Crippen molar-refractivity contribution in [3.63, 3.8) is 0 Å². The van der Waals surface area contributed by atoms with Crippen LogP contribution in [0.1, 0.15) is 51.6 Å². The van der Waals surface area contributed by atoms with Gasteiger partial charge in [0.1, 0.15) is 6.26 Å². The molecule has 6 heteroatoms. The fourth-order valence-corrected chi connectivity index (χ4v) is 4.67. The van der Waals surface area contributed by atoms with Gasteiger partial charge in [0.05, 0.1) is 12.6 Å². The topological polar surface area (TPSA) is 74.2 Å². The van der Waals surface area contributed by atoms with Gasteiger partial charge in [0.2, 0.25) is 5.89 Å². The Labute approximate surface area is 217 Å². The van der Waals surface area contributed by atoms with Crippen molar-refractivity contribution in [2.75, 3.05) is 6.54 Å². The van der Waals surface area contributed by atoms with E-state index in [1.54, 1.807) is 0 Å². The van der Waals surface area contributed by atoms with E-state index < -0.39 is 0 Å². The Morgan fingerprint density at radius 1 is 1.03 bits per heavy atom. The van der Waals surface area contributed by atoms with E-state index in [0.717, 1.165) is 30.6 Å². The van der Waals surface area contributed by atoms with Crippen molar-refractivity contribution >= 4 is 16.8 Å². The summed E-state index contributed by atoms with van der Waals surface area (Å²) < 4.78 is 5.75. The van der Waals surface area contributed by atoms with Crippen LogP contribution in [0.5, 0.6) is 0 Å². The molecule has 0 aliphatic heterocycles. The zero-order valence-electron chi connectivity index (χ0n) is 21.3.